The lowest BCUT2D eigenvalue weighted by molar-refractivity contribution is 0.519. The lowest BCUT2D eigenvalue weighted by Crippen LogP contribution is -2.29. The van der Waals surface area contributed by atoms with Gasteiger partial charge in [0.15, 0.2) is 0 Å². The third-order valence-corrected chi connectivity index (χ3v) is 5.94. The van der Waals surface area contributed by atoms with Crippen LogP contribution in [0.1, 0.15) is 42.4 Å². The summed E-state index contributed by atoms with van der Waals surface area (Å²) >= 11 is 0. The van der Waals surface area contributed by atoms with Crippen LogP contribution in [0.2, 0.25) is 0 Å². The van der Waals surface area contributed by atoms with Crippen LogP contribution in [0.5, 0.6) is 0 Å². The van der Waals surface area contributed by atoms with E-state index in [1.54, 1.807) is 6.07 Å². The molecule has 1 aliphatic rings. The number of hydrogen-bond donors (Lipinski definition) is 2. The van der Waals surface area contributed by atoms with Crippen molar-refractivity contribution in [2.45, 2.75) is 51.0 Å². The van der Waals surface area contributed by atoms with E-state index < -0.39 is 10.0 Å². The molecule has 0 heterocycles. The summed E-state index contributed by atoms with van der Waals surface area (Å²) in [5.41, 5.74) is 2.86. The normalized spacial score (nSPS) is 16.5. The van der Waals surface area contributed by atoms with E-state index in [0.29, 0.717) is 23.9 Å². The van der Waals surface area contributed by atoms with Gasteiger partial charge in [0.05, 0.1) is 4.90 Å². The van der Waals surface area contributed by atoms with E-state index >= 15 is 0 Å². The number of aryl methyl sites for hydroxylation is 1. The van der Waals surface area contributed by atoms with E-state index in [1.807, 2.05) is 27.0 Å². The Balaban J connectivity index is 2.21. The van der Waals surface area contributed by atoms with Gasteiger partial charge in [-0.2, -0.15) is 0 Å². The van der Waals surface area contributed by atoms with Gasteiger partial charge < -0.3 is 5.32 Å². The molecule has 0 aromatic heterocycles. The lowest BCUT2D eigenvalue weighted by Gasteiger charge is -2.15. The molecule has 0 atom stereocenters. The van der Waals surface area contributed by atoms with Crippen LogP contribution in [0.15, 0.2) is 17.0 Å². The number of sulfonamides is 1. The largest absolute Gasteiger partial charge is 0.316 e. The number of benzene rings is 1. The van der Waals surface area contributed by atoms with E-state index in [4.69, 9.17) is 0 Å². The molecule has 0 unspecified atom stereocenters. The highest BCUT2D eigenvalue weighted by atomic mass is 32.2. The Morgan fingerprint density at radius 1 is 1.19 bits per heavy atom. The highest BCUT2D eigenvalue weighted by Crippen LogP contribution is 2.25. The van der Waals surface area contributed by atoms with E-state index in [9.17, 15) is 8.42 Å². The zero-order valence-electron chi connectivity index (χ0n) is 13.2. The van der Waals surface area contributed by atoms with E-state index in [-0.39, 0.29) is 0 Å². The molecule has 4 nitrogen and oxygen atoms in total. The van der Waals surface area contributed by atoms with Gasteiger partial charge in [-0.25, -0.2) is 13.1 Å². The Kier molecular flexibility index (Phi) is 5.41. The van der Waals surface area contributed by atoms with Crippen LogP contribution in [-0.4, -0.2) is 22.0 Å². The average molecular weight is 310 g/mol. The first-order valence-corrected chi connectivity index (χ1v) is 9.16. The second-order valence-electron chi connectivity index (χ2n) is 6.07. The number of hydrogen-bond acceptors (Lipinski definition) is 3. The highest BCUT2D eigenvalue weighted by molar-refractivity contribution is 7.89. The molecule has 0 aliphatic heterocycles. The Labute approximate surface area is 128 Å². The second-order valence-corrected chi connectivity index (χ2v) is 7.80. The van der Waals surface area contributed by atoms with Gasteiger partial charge in [-0.05, 0) is 62.4 Å². The molecule has 0 radical (unpaired) electrons. The van der Waals surface area contributed by atoms with E-state index in [0.717, 1.165) is 29.5 Å². The van der Waals surface area contributed by atoms with Gasteiger partial charge >= 0.3 is 0 Å². The van der Waals surface area contributed by atoms with Crippen molar-refractivity contribution in [3.63, 3.8) is 0 Å². The van der Waals surface area contributed by atoms with E-state index in [1.165, 1.54) is 12.8 Å². The Bertz CT molecular complexity index is 591. The molecule has 2 rings (SSSR count). The molecule has 5 heteroatoms. The maximum atomic E-state index is 12.6. The summed E-state index contributed by atoms with van der Waals surface area (Å²) in [6, 6.07) is 3.83. The molecule has 0 bridgehead atoms. The molecule has 2 N–H and O–H groups in total. The fraction of sp³-hybridized carbons (Fsp3) is 0.625. The predicted molar refractivity (Wildman–Crippen MR) is 85.8 cm³/mol. The molecule has 1 aromatic rings. The zero-order chi connectivity index (χ0) is 15.5. The van der Waals surface area contributed by atoms with Gasteiger partial charge in [-0.3, -0.25) is 0 Å². The molecule has 1 saturated carbocycles. The Morgan fingerprint density at radius 3 is 2.48 bits per heavy atom. The van der Waals surface area contributed by atoms with Crippen LogP contribution in [0.4, 0.5) is 0 Å². The van der Waals surface area contributed by atoms with Crippen molar-refractivity contribution in [3.8, 4) is 0 Å². The first-order chi connectivity index (χ1) is 9.94. The molecule has 1 aromatic carbocycles. The standard InChI is InChI=1S/C16H26N2O2S/c1-12-8-15(10-17-3)9-16(13(12)2)21(19,20)18-11-14-6-4-5-7-14/h8-9,14,17-18H,4-7,10-11H2,1-3H3. The Hall–Kier alpha value is -0.910. The lowest BCUT2D eigenvalue weighted by atomic mass is 10.1. The van der Waals surface area contributed by atoms with Crippen molar-refractivity contribution in [1.29, 1.82) is 0 Å². The summed E-state index contributed by atoms with van der Waals surface area (Å²) in [6.45, 7) is 5.08. The summed E-state index contributed by atoms with van der Waals surface area (Å²) in [5, 5.41) is 3.07. The monoisotopic (exact) mass is 310 g/mol. The SMILES string of the molecule is CNCc1cc(C)c(C)c(S(=O)(=O)NCC2CCCC2)c1. The minimum Gasteiger partial charge on any atom is -0.316 e. The molecule has 21 heavy (non-hydrogen) atoms. The zero-order valence-corrected chi connectivity index (χ0v) is 14.0. The smallest absolute Gasteiger partial charge is 0.240 e. The van der Waals surface area contributed by atoms with Crippen LogP contribution < -0.4 is 10.0 Å². The maximum absolute atomic E-state index is 12.6. The van der Waals surface area contributed by atoms with Crippen molar-refractivity contribution in [1.82, 2.24) is 10.0 Å². The average Bonchev–Trinajstić information content (AvgIpc) is 2.94. The fourth-order valence-electron chi connectivity index (χ4n) is 3.00. The van der Waals surface area contributed by atoms with Crippen LogP contribution in [0.3, 0.4) is 0 Å². The highest BCUT2D eigenvalue weighted by Gasteiger charge is 2.22. The topological polar surface area (TPSA) is 58.2 Å². The number of rotatable bonds is 6. The molecule has 0 spiro atoms. The van der Waals surface area contributed by atoms with Gasteiger partial charge in [0.1, 0.15) is 0 Å². The first kappa shape index (κ1) is 16.5. The molecular weight excluding hydrogens is 284 g/mol. The Morgan fingerprint density at radius 2 is 1.86 bits per heavy atom. The summed E-state index contributed by atoms with van der Waals surface area (Å²) in [7, 11) is -1.56. The predicted octanol–water partition coefficient (Wildman–Crippen LogP) is 2.49. The summed E-state index contributed by atoms with van der Waals surface area (Å²) < 4.78 is 28.0. The summed E-state index contributed by atoms with van der Waals surface area (Å²) in [4.78, 5) is 0.422. The number of nitrogens with one attached hydrogen (secondary N) is 2. The van der Waals surface area contributed by atoms with Crippen molar-refractivity contribution < 1.29 is 8.42 Å². The van der Waals surface area contributed by atoms with Crippen molar-refractivity contribution in [3.05, 3.63) is 28.8 Å². The molecular formula is C16H26N2O2S. The van der Waals surface area contributed by atoms with Gasteiger partial charge in [-0.1, -0.05) is 18.9 Å². The quantitative estimate of drug-likeness (QED) is 0.849. The molecule has 0 saturated heterocycles. The molecule has 1 aliphatic carbocycles. The van der Waals surface area contributed by atoms with Gasteiger partial charge in [0, 0.05) is 13.1 Å². The third kappa shape index (κ3) is 4.05. The van der Waals surface area contributed by atoms with Crippen molar-refractivity contribution in [2.24, 2.45) is 5.92 Å². The summed E-state index contributed by atoms with van der Waals surface area (Å²) in [6.07, 6.45) is 4.73. The van der Waals surface area contributed by atoms with Gasteiger partial charge in [0.2, 0.25) is 10.0 Å². The van der Waals surface area contributed by atoms with Crippen LogP contribution >= 0.6 is 0 Å². The molecule has 0 amide bonds. The third-order valence-electron chi connectivity index (χ3n) is 4.39. The fourth-order valence-corrected chi connectivity index (χ4v) is 4.49. The molecule has 118 valence electrons. The van der Waals surface area contributed by atoms with Crippen LogP contribution in [-0.2, 0) is 16.6 Å². The van der Waals surface area contributed by atoms with Gasteiger partial charge in [-0.15, -0.1) is 0 Å². The van der Waals surface area contributed by atoms with Crippen molar-refractivity contribution >= 4 is 10.0 Å². The van der Waals surface area contributed by atoms with Crippen LogP contribution in [0, 0.1) is 19.8 Å². The molecule has 1 fully saturated rings. The minimum absolute atomic E-state index is 0.422. The van der Waals surface area contributed by atoms with Crippen LogP contribution in [0.25, 0.3) is 0 Å². The van der Waals surface area contributed by atoms with Crippen molar-refractivity contribution in [2.75, 3.05) is 13.6 Å². The first-order valence-electron chi connectivity index (χ1n) is 7.68. The summed E-state index contributed by atoms with van der Waals surface area (Å²) in [5.74, 6) is 0.502. The minimum atomic E-state index is -3.42. The second kappa shape index (κ2) is 6.90. The van der Waals surface area contributed by atoms with Gasteiger partial charge in [0.25, 0.3) is 0 Å². The van der Waals surface area contributed by atoms with E-state index in [2.05, 4.69) is 10.0 Å². The maximum Gasteiger partial charge on any atom is 0.240 e.